The minimum absolute atomic E-state index is 0.0183. The van der Waals surface area contributed by atoms with Crippen LogP contribution in [0, 0.1) is 0 Å². The normalized spacial score (nSPS) is 26.3. The van der Waals surface area contributed by atoms with E-state index in [1.54, 1.807) is 0 Å². The highest BCUT2D eigenvalue weighted by Gasteiger charge is 2.32. The number of nitrogens with zero attached hydrogens (tertiary/aromatic N) is 2. The van der Waals surface area contributed by atoms with Crippen LogP contribution in [0.2, 0.25) is 0 Å². The number of carbonyl (C=O) groups is 1. The smallest absolute Gasteiger partial charge is 0.244 e. The maximum atomic E-state index is 12.8. The molecule has 2 atom stereocenters. The Balaban J connectivity index is 1.84. The van der Waals surface area contributed by atoms with Crippen LogP contribution in [0.25, 0.3) is 0 Å². The van der Waals surface area contributed by atoms with E-state index in [2.05, 4.69) is 36.3 Å². The minimum Gasteiger partial charge on any atom is -0.371 e. The molecule has 2 aliphatic rings. The number of hydrogen-bond acceptors (Lipinski definition) is 3. The van der Waals surface area contributed by atoms with Gasteiger partial charge in [0, 0.05) is 26.2 Å². The summed E-state index contributed by atoms with van der Waals surface area (Å²) in [5.74, 6) is 0.233. The number of nitrogens with one attached hydrogen (secondary N) is 1. The number of benzene rings is 1. The number of hydrogen-bond donors (Lipinski definition) is 1. The van der Waals surface area contributed by atoms with Gasteiger partial charge in [0.25, 0.3) is 0 Å². The minimum atomic E-state index is -0.0183. The van der Waals surface area contributed by atoms with Gasteiger partial charge in [0.1, 0.15) is 0 Å². The van der Waals surface area contributed by atoms with E-state index in [1.807, 2.05) is 17.0 Å². The number of anilines is 2. The molecule has 2 aliphatic heterocycles. The number of rotatable bonds is 1. The van der Waals surface area contributed by atoms with Gasteiger partial charge in [-0.1, -0.05) is 12.1 Å². The topological polar surface area (TPSA) is 35.6 Å². The molecule has 1 N–H and O–H groups in total. The standard InChI is InChI=1S/C16H23N3O/c1-12-6-5-7-13(17-12)16(20)19-11-10-18(2)14-8-3-4-9-15(14)19/h3-4,8-9,12-13,17H,5-7,10-11H2,1-2H3. The van der Waals surface area contributed by atoms with E-state index in [0.29, 0.717) is 6.04 Å². The molecule has 1 aromatic rings. The molecular formula is C16H23N3O. The maximum Gasteiger partial charge on any atom is 0.244 e. The van der Waals surface area contributed by atoms with Crippen LogP contribution < -0.4 is 15.1 Å². The van der Waals surface area contributed by atoms with Crippen molar-refractivity contribution in [1.82, 2.24) is 5.32 Å². The molecule has 0 aromatic heterocycles. The zero-order valence-electron chi connectivity index (χ0n) is 12.3. The third-order valence-corrected chi connectivity index (χ3v) is 4.42. The molecule has 20 heavy (non-hydrogen) atoms. The molecule has 1 aromatic carbocycles. The second-order valence-electron chi connectivity index (χ2n) is 5.95. The molecular weight excluding hydrogens is 250 g/mol. The Bertz CT molecular complexity index is 502. The van der Waals surface area contributed by atoms with E-state index >= 15 is 0 Å². The highest BCUT2D eigenvalue weighted by atomic mass is 16.2. The fraction of sp³-hybridized carbons (Fsp3) is 0.562. The summed E-state index contributed by atoms with van der Waals surface area (Å²) >= 11 is 0. The van der Waals surface area contributed by atoms with Gasteiger partial charge in [-0.05, 0) is 38.3 Å². The summed E-state index contributed by atoms with van der Waals surface area (Å²) in [5.41, 5.74) is 2.20. The van der Waals surface area contributed by atoms with E-state index in [4.69, 9.17) is 0 Å². The van der Waals surface area contributed by atoms with Crippen molar-refractivity contribution in [2.45, 2.75) is 38.3 Å². The van der Waals surface area contributed by atoms with Crippen molar-refractivity contribution in [2.75, 3.05) is 29.9 Å². The maximum absolute atomic E-state index is 12.8. The van der Waals surface area contributed by atoms with Gasteiger partial charge < -0.3 is 15.1 Å². The van der Waals surface area contributed by atoms with Crippen molar-refractivity contribution in [1.29, 1.82) is 0 Å². The van der Waals surface area contributed by atoms with Gasteiger partial charge in [0.2, 0.25) is 5.91 Å². The molecule has 1 saturated heterocycles. The van der Waals surface area contributed by atoms with Crippen molar-refractivity contribution in [3.63, 3.8) is 0 Å². The number of fused-ring (bicyclic) bond motifs is 1. The van der Waals surface area contributed by atoms with Crippen LogP contribution in [-0.4, -0.2) is 38.1 Å². The van der Waals surface area contributed by atoms with Gasteiger partial charge in [-0.3, -0.25) is 4.79 Å². The van der Waals surface area contributed by atoms with Crippen molar-refractivity contribution >= 4 is 17.3 Å². The van der Waals surface area contributed by atoms with Crippen LogP contribution in [0.5, 0.6) is 0 Å². The van der Waals surface area contributed by atoms with Crippen molar-refractivity contribution in [3.8, 4) is 0 Å². The second-order valence-corrected chi connectivity index (χ2v) is 5.95. The first-order chi connectivity index (χ1) is 9.66. The molecule has 0 bridgehead atoms. The fourth-order valence-electron chi connectivity index (χ4n) is 3.26. The molecule has 108 valence electrons. The quantitative estimate of drug-likeness (QED) is 0.850. The van der Waals surface area contributed by atoms with Crippen LogP contribution in [0.4, 0.5) is 11.4 Å². The average Bonchev–Trinajstić information content (AvgIpc) is 2.47. The van der Waals surface area contributed by atoms with Crippen LogP contribution in [-0.2, 0) is 4.79 Å². The molecule has 1 fully saturated rings. The lowest BCUT2D eigenvalue weighted by molar-refractivity contribution is -0.121. The number of likely N-dealkylation sites (N-methyl/N-ethyl adjacent to an activating group) is 1. The molecule has 0 radical (unpaired) electrons. The van der Waals surface area contributed by atoms with Gasteiger partial charge in [0.15, 0.2) is 0 Å². The van der Waals surface area contributed by atoms with Gasteiger partial charge in [-0.2, -0.15) is 0 Å². The van der Waals surface area contributed by atoms with E-state index in [0.717, 1.165) is 37.3 Å². The Kier molecular flexibility index (Phi) is 3.66. The van der Waals surface area contributed by atoms with Crippen molar-refractivity contribution in [3.05, 3.63) is 24.3 Å². The van der Waals surface area contributed by atoms with Crippen LogP contribution >= 0.6 is 0 Å². The van der Waals surface area contributed by atoms with Gasteiger partial charge in [0.05, 0.1) is 17.4 Å². The van der Waals surface area contributed by atoms with Crippen LogP contribution in [0.3, 0.4) is 0 Å². The van der Waals surface area contributed by atoms with Gasteiger partial charge in [-0.25, -0.2) is 0 Å². The first kappa shape index (κ1) is 13.4. The summed E-state index contributed by atoms with van der Waals surface area (Å²) in [6.45, 7) is 3.83. The van der Waals surface area contributed by atoms with Gasteiger partial charge in [-0.15, -0.1) is 0 Å². The van der Waals surface area contributed by atoms with E-state index in [9.17, 15) is 4.79 Å². The fourth-order valence-corrected chi connectivity index (χ4v) is 3.26. The zero-order chi connectivity index (χ0) is 14.1. The van der Waals surface area contributed by atoms with Crippen molar-refractivity contribution < 1.29 is 4.79 Å². The lowest BCUT2D eigenvalue weighted by atomic mass is 9.98. The number of amides is 1. The zero-order valence-corrected chi connectivity index (χ0v) is 12.3. The monoisotopic (exact) mass is 273 g/mol. The molecule has 2 unspecified atom stereocenters. The van der Waals surface area contributed by atoms with E-state index < -0.39 is 0 Å². The van der Waals surface area contributed by atoms with Gasteiger partial charge >= 0.3 is 0 Å². The molecule has 4 nitrogen and oxygen atoms in total. The lowest BCUT2D eigenvalue weighted by Crippen LogP contribution is -2.54. The summed E-state index contributed by atoms with van der Waals surface area (Å²) in [7, 11) is 2.08. The Morgan fingerprint density at radius 1 is 1.20 bits per heavy atom. The summed E-state index contributed by atoms with van der Waals surface area (Å²) in [4.78, 5) is 17.0. The second kappa shape index (κ2) is 5.44. The van der Waals surface area contributed by atoms with Crippen LogP contribution in [0.1, 0.15) is 26.2 Å². The summed E-state index contributed by atoms with van der Waals surface area (Å²) < 4.78 is 0. The summed E-state index contributed by atoms with van der Waals surface area (Å²) in [6, 6.07) is 8.61. The Morgan fingerprint density at radius 2 is 1.95 bits per heavy atom. The average molecular weight is 273 g/mol. The third-order valence-electron chi connectivity index (χ3n) is 4.42. The Hall–Kier alpha value is -1.55. The molecule has 0 aliphatic carbocycles. The molecule has 0 saturated carbocycles. The predicted octanol–water partition coefficient (Wildman–Crippen LogP) is 2.00. The third kappa shape index (κ3) is 2.40. The van der Waals surface area contributed by atoms with Crippen LogP contribution in [0.15, 0.2) is 24.3 Å². The first-order valence-electron chi connectivity index (χ1n) is 7.54. The highest BCUT2D eigenvalue weighted by Crippen LogP contribution is 2.32. The number of para-hydroxylation sites is 2. The predicted molar refractivity (Wildman–Crippen MR) is 82.3 cm³/mol. The molecule has 4 heteroatoms. The Labute approximate surface area is 120 Å². The molecule has 0 spiro atoms. The largest absolute Gasteiger partial charge is 0.371 e. The molecule has 2 heterocycles. The molecule has 1 amide bonds. The lowest BCUT2D eigenvalue weighted by Gasteiger charge is -2.38. The van der Waals surface area contributed by atoms with E-state index in [1.165, 1.54) is 6.42 Å². The molecule has 3 rings (SSSR count). The Morgan fingerprint density at radius 3 is 2.70 bits per heavy atom. The first-order valence-corrected chi connectivity index (χ1v) is 7.54. The van der Waals surface area contributed by atoms with Crippen molar-refractivity contribution in [2.24, 2.45) is 0 Å². The number of piperidine rings is 1. The SMILES string of the molecule is CC1CCCC(C(=O)N2CCN(C)c3ccccc32)N1. The van der Waals surface area contributed by atoms with E-state index in [-0.39, 0.29) is 11.9 Å². The highest BCUT2D eigenvalue weighted by molar-refractivity contribution is 6.00. The number of carbonyl (C=O) groups excluding carboxylic acids is 1. The summed E-state index contributed by atoms with van der Waals surface area (Å²) in [5, 5.41) is 3.45. The summed E-state index contributed by atoms with van der Waals surface area (Å²) in [6.07, 6.45) is 3.26.